The summed E-state index contributed by atoms with van der Waals surface area (Å²) in [5.74, 6) is 0.771. The van der Waals surface area contributed by atoms with Crippen LogP contribution in [0.2, 0.25) is 5.02 Å². The minimum absolute atomic E-state index is 0.662. The molecule has 96 valence electrons. The fourth-order valence-corrected chi connectivity index (χ4v) is 1.87. The molecular weight excluding hydrogens is 234 g/mol. The summed E-state index contributed by atoms with van der Waals surface area (Å²) in [6, 6.07) is 5.86. The normalized spacial score (nSPS) is 10.5. The topological polar surface area (TPSA) is 21.3 Å². The molecule has 0 aliphatic rings. The third kappa shape index (κ3) is 5.94. The van der Waals surface area contributed by atoms with E-state index in [4.69, 9.17) is 16.3 Å². The molecule has 17 heavy (non-hydrogen) atoms. The van der Waals surface area contributed by atoms with E-state index in [-0.39, 0.29) is 0 Å². The fourth-order valence-electron chi connectivity index (χ4n) is 1.58. The van der Waals surface area contributed by atoms with Crippen LogP contribution in [-0.2, 0) is 0 Å². The third-order valence-corrected chi connectivity index (χ3v) is 2.88. The first-order valence-electron chi connectivity index (χ1n) is 6.33. The lowest BCUT2D eigenvalue weighted by Gasteiger charge is -2.09. The molecule has 0 bridgehead atoms. The molecule has 3 heteroatoms. The predicted molar refractivity (Wildman–Crippen MR) is 74.1 cm³/mol. The van der Waals surface area contributed by atoms with Gasteiger partial charge in [-0.2, -0.15) is 0 Å². The number of hydrogen-bond acceptors (Lipinski definition) is 2. The van der Waals surface area contributed by atoms with E-state index < -0.39 is 0 Å². The largest absolute Gasteiger partial charge is 0.491 e. The van der Waals surface area contributed by atoms with Crippen molar-refractivity contribution < 1.29 is 4.74 Å². The van der Waals surface area contributed by atoms with Gasteiger partial charge in [-0.3, -0.25) is 0 Å². The Morgan fingerprint density at radius 2 is 2.06 bits per heavy atom. The van der Waals surface area contributed by atoms with Gasteiger partial charge >= 0.3 is 0 Å². The van der Waals surface area contributed by atoms with Crippen molar-refractivity contribution in [3.05, 3.63) is 28.8 Å². The smallest absolute Gasteiger partial charge is 0.137 e. The maximum absolute atomic E-state index is 6.07. The number of rotatable bonds is 8. The summed E-state index contributed by atoms with van der Waals surface area (Å²) in [7, 11) is 0. The van der Waals surface area contributed by atoms with E-state index in [1.165, 1.54) is 19.3 Å². The lowest BCUT2D eigenvalue weighted by molar-refractivity contribution is 0.313. The summed E-state index contributed by atoms with van der Waals surface area (Å²) in [6.07, 6.45) is 3.79. The fraction of sp³-hybridized carbons (Fsp3) is 0.571. The number of benzene rings is 1. The average molecular weight is 256 g/mol. The molecule has 0 fully saturated rings. The lowest BCUT2D eigenvalue weighted by Crippen LogP contribution is -2.22. The molecule has 1 aromatic rings. The Morgan fingerprint density at radius 3 is 2.76 bits per heavy atom. The van der Waals surface area contributed by atoms with Crippen molar-refractivity contribution in [3.8, 4) is 5.75 Å². The first-order chi connectivity index (χ1) is 8.24. The molecule has 1 aromatic carbocycles. The van der Waals surface area contributed by atoms with Gasteiger partial charge in [-0.25, -0.2) is 0 Å². The zero-order chi connectivity index (χ0) is 12.5. The van der Waals surface area contributed by atoms with Crippen molar-refractivity contribution in [2.45, 2.75) is 33.1 Å². The van der Waals surface area contributed by atoms with Crippen LogP contribution in [0.4, 0.5) is 0 Å². The van der Waals surface area contributed by atoms with Gasteiger partial charge in [-0.1, -0.05) is 37.4 Å². The molecule has 0 aromatic heterocycles. The Hall–Kier alpha value is -0.730. The van der Waals surface area contributed by atoms with Gasteiger partial charge in [0.15, 0.2) is 0 Å². The zero-order valence-electron chi connectivity index (χ0n) is 10.8. The molecule has 0 saturated carbocycles. The van der Waals surface area contributed by atoms with Gasteiger partial charge in [-0.05, 0) is 37.6 Å². The van der Waals surface area contributed by atoms with Crippen molar-refractivity contribution in [2.75, 3.05) is 19.7 Å². The molecule has 0 aliphatic carbocycles. The second-order valence-corrected chi connectivity index (χ2v) is 4.65. The Bertz CT molecular complexity index is 328. The minimum Gasteiger partial charge on any atom is -0.491 e. The number of hydrogen-bond donors (Lipinski definition) is 1. The van der Waals surface area contributed by atoms with E-state index in [0.29, 0.717) is 11.6 Å². The van der Waals surface area contributed by atoms with Crippen LogP contribution in [0.3, 0.4) is 0 Å². The molecule has 0 unspecified atom stereocenters. The Balaban J connectivity index is 2.14. The molecular formula is C14H22ClNO. The van der Waals surface area contributed by atoms with E-state index in [1.807, 2.05) is 25.1 Å². The maximum Gasteiger partial charge on any atom is 0.137 e. The first kappa shape index (κ1) is 14.3. The van der Waals surface area contributed by atoms with Crippen molar-refractivity contribution in [3.63, 3.8) is 0 Å². The van der Waals surface area contributed by atoms with E-state index >= 15 is 0 Å². The molecule has 0 amide bonds. The molecule has 1 rings (SSSR count). The third-order valence-electron chi connectivity index (χ3n) is 2.58. The Labute approximate surface area is 109 Å². The number of aryl methyl sites for hydroxylation is 1. The van der Waals surface area contributed by atoms with Crippen molar-refractivity contribution >= 4 is 11.6 Å². The summed E-state index contributed by atoms with van der Waals surface area (Å²) in [5, 5.41) is 4.04. The van der Waals surface area contributed by atoms with E-state index in [9.17, 15) is 0 Å². The number of ether oxygens (including phenoxy) is 1. The molecule has 2 nitrogen and oxygen atoms in total. The molecule has 0 saturated heterocycles. The average Bonchev–Trinajstić information content (AvgIpc) is 2.30. The molecule has 0 atom stereocenters. The van der Waals surface area contributed by atoms with Crippen LogP contribution in [0.25, 0.3) is 0 Å². The van der Waals surface area contributed by atoms with E-state index in [1.54, 1.807) is 0 Å². The van der Waals surface area contributed by atoms with Gasteiger partial charge in [0.05, 0.1) is 5.02 Å². The molecule has 0 radical (unpaired) electrons. The summed E-state index contributed by atoms with van der Waals surface area (Å²) < 4.78 is 5.60. The number of nitrogens with one attached hydrogen (secondary N) is 1. The van der Waals surface area contributed by atoms with Gasteiger partial charge in [0.1, 0.15) is 12.4 Å². The molecule has 1 N–H and O–H groups in total. The summed E-state index contributed by atoms with van der Waals surface area (Å²) in [6.45, 7) is 6.83. The Morgan fingerprint density at radius 1 is 1.24 bits per heavy atom. The zero-order valence-corrected chi connectivity index (χ0v) is 11.5. The van der Waals surface area contributed by atoms with Crippen molar-refractivity contribution in [1.29, 1.82) is 0 Å². The maximum atomic E-state index is 6.07. The summed E-state index contributed by atoms with van der Waals surface area (Å²) >= 11 is 6.07. The molecule has 0 aliphatic heterocycles. The number of unbranched alkanes of at least 4 members (excludes halogenated alkanes) is 2. The Kier molecular flexibility index (Phi) is 7.06. The highest BCUT2D eigenvalue weighted by molar-refractivity contribution is 6.32. The monoisotopic (exact) mass is 255 g/mol. The summed E-state index contributed by atoms with van der Waals surface area (Å²) in [5.41, 5.74) is 1.15. The quantitative estimate of drug-likeness (QED) is 0.714. The van der Waals surface area contributed by atoms with Crippen LogP contribution in [0.5, 0.6) is 5.75 Å². The molecule has 0 heterocycles. The summed E-state index contributed by atoms with van der Waals surface area (Å²) in [4.78, 5) is 0. The van der Waals surface area contributed by atoms with Gasteiger partial charge in [0.25, 0.3) is 0 Å². The van der Waals surface area contributed by atoms with Crippen LogP contribution in [0.15, 0.2) is 18.2 Å². The lowest BCUT2D eigenvalue weighted by atomic mass is 10.2. The highest BCUT2D eigenvalue weighted by Gasteiger charge is 2.00. The van der Waals surface area contributed by atoms with Crippen LogP contribution in [-0.4, -0.2) is 19.7 Å². The van der Waals surface area contributed by atoms with E-state index in [0.717, 1.165) is 24.4 Å². The van der Waals surface area contributed by atoms with Crippen molar-refractivity contribution in [1.82, 2.24) is 5.32 Å². The predicted octanol–water partition coefficient (Wildman–Crippen LogP) is 3.81. The second kappa shape index (κ2) is 8.37. The standard InChI is InChI=1S/C14H22ClNO/c1-3-4-5-8-16-9-10-17-14-7-6-12(2)11-13(14)15/h6-7,11,16H,3-5,8-10H2,1-2H3. The number of halogens is 1. The van der Waals surface area contributed by atoms with Crippen LogP contribution in [0.1, 0.15) is 31.7 Å². The van der Waals surface area contributed by atoms with Crippen LogP contribution in [0, 0.1) is 6.92 Å². The van der Waals surface area contributed by atoms with Gasteiger partial charge in [0.2, 0.25) is 0 Å². The van der Waals surface area contributed by atoms with Crippen LogP contribution < -0.4 is 10.1 Å². The van der Waals surface area contributed by atoms with Gasteiger partial charge in [0, 0.05) is 6.54 Å². The highest BCUT2D eigenvalue weighted by atomic mass is 35.5. The minimum atomic E-state index is 0.662. The van der Waals surface area contributed by atoms with Gasteiger partial charge in [-0.15, -0.1) is 0 Å². The van der Waals surface area contributed by atoms with E-state index in [2.05, 4.69) is 12.2 Å². The van der Waals surface area contributed by atoms with Gasteiger partial charge < -0.3 is 10.1 Å². The van der Waals surface area contributed by atoms with Crippen LogP contribution >= 0.6 is 11.6 Å². The SMILES string of the molecule is CCCCCNCCOc1ccc(C)cc1Cl. The molecule has 0 spiro atoms. The highest BCUT2D eigenvalue weighted by Crippen LogP contribution is 2.24. The van der Waals surface area contributed by atoms with Crippen molar-refractivity contribution in [2.24, 2.45) is 0 Å². The second-order valence-electron chi connectivity index (χ2n) is 4.24. The first-order valence-corrected chi connectivity index (χ1v) is 6.71.